The molecule has 2 aliphatic rings. The van der Waals surface area contributed by atoms with Gasteiger partial charge in [0.1, 0.15) is 5.51 Å². The fourth-order valence-electron chi connectivity index (χ4n) is 3.03. The minimum absolute atomic E-state index is 0.374. The molecule has 0 aromatic carbocycles. The highest BCUT2D eigenvalue weighted by molar-refractivity contribution is 7.88. The molecule has 1 unspecified atom stereocenters. The molecule has 1 aliphatic heterocycles. The Kier molecular flexibility index (Phi) is 3.26. The summed E-state index contributed by atoms with van der Waals surface area (Å²) in [5.41, 5.74) is 2.13. The van der Waals surface area contributed by atoms with E-state index in [1.165, 1.54) is 6.26 Å². The van der Waals surface area contributed by atoms with E-state index in [1.807, 2.05) is 0 Å². The van der Waals surface area contributed by atoms with E-state index in [9.17, 15) is 8.42 Å². The van der Waals surface area contributed by atoms with E-state index >= 15 is 0 Å². The van der Waals surface area contributed by atoms with Crippen molar-refractivity contribution in [1.82, 2.24) is 14.9 Å². The van der Waals surface area contributed by atoms with Gasteiger partial charge in [-0.25, -0.2) is 13.1 Å². The third-order valence-corrected chi connectivity index (χ3v) is 5.77. The third-order valence-electron chi connectivity index (χ3n) is 4.33. The summed E-state index contributed by atoms with van der Waals surface area (Å²) in [7, 11) is -3.06. The summed E-state index contributed by atoms with van der Waals surface area (Å²) in [6, 6.07) is 0. The summed E-state index contributed by atoms with van der Waals surface area (Å²) < 4.78 is 24.9. The second-order valence-corrected chi connectivity index (χ2v) is 8.24. The van der Waals surface area contributed by atoms with E-state index in [2.05, 4.69) is 19.8 Å². The minimum atomic E-state index is -3.06. The quantitative estimate of drug-likeness (QED) is 0.886. The Morgan fingerprint density at radius 2 is 2.26 bits per heavy atom. The zero-order chi connectivity index (χ0) is 13.5. The molecule has 2 heterocycles. The fraction of sp³-hybridized carbons (Fsp3) is 0.818. The molecule has 1 aliphatic carbocycles. The molecular weight excluding hydrogens is 284 g/mol. The SMILES string of the molecule is CS(=O)(=O)NCC1CC12CCN(c1nncs1)CC2. The van der Waals surface area contributed by atoms with Crippen LogP contribution in [0.25, 0.3) is 0 Å². The van der Waals surface area contributed by atoms with Gasteiger partial charge in [-0.15, -0.1) is 10.2 Å². The molecule has 0 bridgehead atoms. The number of hydrogen-bond acceptors (Lipinski definition) is 6. The first kappa shape index (κ1) is 13.3. The van der Waals surface area contributed by atoms with Gasteiger partial charge >= 0.3 is 0 Å². The second-order valence-electron chi connectivity index (χ2n) is 5.59. The molecule has 8 heteroatoms. The number of nitrogens with one attached hydrogen (secondary N) is 1. The Hall–Kier alpha value is -0.730. The molecule has 1 aromatic rings. The van der Waals surface area contributed by atoms with Crippen LogP contribution in [0, 0.1) is 11.3 Å². The van der Waals surface area contributed by atoms with Crippen molar-refractivity contribution >= 4 is 26.5 Å². The van der Waals surface area contributed by atoms with Crippen LogP contribution in [0.1, 0.15) is 19.3 Å². The van der Waals surface area contributed by atoms with Gasteiger partial charge in [0.25, 0.3) is 0 Å². The average Bonchev–Trinajstić information content (AvgIpc) is 2.77. The Bertz CT molecular complexity index is 535. The molecule has 19 heavy (non-hydrogen) atoms. The summed E-state index contributed by atoms with van der Waals surface area (Å²) in [5.74, 6) is 0.513. The van der Waals surface area contributed by atoms with Crippen molar-refractivity contribution in [2.24, 2.45) is 11.3 Å². The van der Waals surface area contributed by atoms with Gasteiger partial charge in [-0.05, 0) is 30.6 Å². The molecule has 1 atom stereocenters. The van der Waals surface area contributed by atoms with Crippen LogP contribution in [0.3, 0.4) is 0 Å². The Balaban J connectivity index is 1.51. The Labute approximate surface area is 117 Å². The maximum absolute atomic E-state index is 11.1. The van der Waals surface area contributed by atoms with Gasteiger partial charge in [0.15, 0.2) is 0 Å². The standard InChI is InChI=1S/C11H18N4O2S2/c1-19(16,17)13-7-9-6-11(9)2-4-15(5-3-11)10-14-12-8-18-10/h8-9,13H,2-7H2,1H3. The maximum Gasteiger partial charge on any atom is 0.208 e. The molecule has 0 radical (unpaired) electrons. The topological polar surface area (TPSA) is 75.2 Å². The first-order valence-corrected chi connectivity index (χ1v) is 9.21. The molecular formula is C11H18N4O2S2. The maximum atomic E-state index is 11.1. The Morgan fingerprint density at radius 1 is 1.53 bits per heavy atom. The van der Waals surface area contributed by atoms with Crippen molar-refractivity contribution in [3.63, 3.8) is 0 Å². The van der Waals surface area contributed by atoms with E-state index < -0.39 is 10.0 Å². The largest absolute Gasteiger partial charge is 0.347 e. The Morgan fingerprint density at radius 3 is 2.84 bits per heavy atom. The molecule has 3 rings (SSSR count). The lowest BCUT2D eigenvalue weighted by molar-refractivity contribution is 0.348. The van der Waals surface area contributed by atoms with E-state index in [0.29, 0.717) is 17.9 Å². The molecule has 106 valence electrons. The number of piperidine rings is 1. The number of aromatic nitrogens is 2. The van der Waals surface area contributed by atoms with Crippen LogP contribution in [-0.2, 0) is 10.0 Å². The van der Waals surface area contributed by atoms with E-state index in [4.69, 9.17) is 0 Å². The monoisotopic (exact) mass is 302 g/mol. The van der Waals surface area contributed by atoms with E-state index in [1.54, 1.807) is 16.8 Å². The molecule has 1 aromatic heterocycles. The summed E-state index contributed by atoms with van der Waals surface area (Å²) in [6.45, 7) is 2.60. The zero-order valence-corrected chi connectivity index (χ0v) is 12.5. The number of anilines is 1. The number of sulfonamides is 1. The fourth-order valence-corrected chi connectivity index (χ4v) is 4.15. The van der Waals surface area contributed by atoms with Crippen molar-refractivity contribution in [3.05, 3.63) is 5.51 Å². The predicted molar refractivity (Wildman–Crippen MR) is 74.7 cm³/mol. The lowest BCUT2D eigenvalue weighted by atomic mass is 9.91. The number of hydrogen-bond donors (Lipinski definition) is 1. The van der Waals surface area contributed by atoms with Crippen LogP contribution >= 0.6 is 11.3 Å². The number of rotatable bonds is 4. The van der Waals surface area contributed by atoms with Gasteiger partial charge < -0.3 is 4.90 Å². The molecule has 1 saturated carbocycles. The van der Waals surface area contributed by atoms with Crippen LogP contribution in [0.5, 0.6) is 0 Å². The summed E-state index contributed by atoms with van der Waals surface area (Å²) in [4.78, 5) is 2.28. The first-order chi connectivity index (χ1) is 8.99. The smallest absolute Gasteiger partial charge is 0.208 e. The highest BCUT2D eigenvalue weighted by atomic mass is 32.2. The first-order valence-electron chi connectivity index (χ1n) is 6.44. The van der Waals surface area contributed by atoms with Crippen LogP contribution in [0.15, 0.2) is 5.51 Å². The van der Waals surface area contributed by atoms with Crippen LogP contribution in [0.2, 0.25) is 0 Å². The van der Waals surface area contributed by atoms with Crippen LogP contribution in [0.4, 0.5) is 5.13 Å². The van der Waals surface area contributed by atoms with Gasteiger partial charge in [0.05, 0.1) is 6.26 Å². The second kappa shape index (κ2) is 4.68. The lowest BCUT2D eigenvalue weighted by Crippen LogP contribution is -2.36. The normalized spacial score (nSPS) is 25.7. The zero-order valence-electron chi connectivity index (χ0n) is 10.9. The molecule has 6 nitrogen and oxygen atoms in total. The van der Waals surface area contributed by atoms with Gasteiger partial charge in [-0.3, -0.25) is 0 Å². The highest BCUT2D eigenvalue weighted by Crippen LogP contribution is 2.59. The van der Waals surface area contributed by atoms with Crippen molar-refractivity contribution < 1.29 is 8.42 Å². The van der Waals surface area contributed by atoms with E-state index in [0.717, 1.165) is 37.5 Å². The van der Waals surface area contributed by atoms with Crippen LogP contribution in [-0.4, -0.2) is 44.5 Å². The van der Waals surface area contributed by atoms with Crippen molar-refractivity contribution in [1.29, 1.82) is 0 Å². The molecule has 0 amide bonds. The minimum Gasteiger partial charge on any atom is -0.347 e. The van der Waals surface area contributed by atoms with Crippen molar-refractivity contribution in [2.45, 2.75) is 19.3 Å². The summed E-state index contributed by atoms with van der Waals surface area (Å²) >= 11 is 1.58. The van der Waals surface area contributed by atoms with Gasteiger partial charge in [0, 0.05) is 19.6 Å². The third kappa shape index (κ3) is 2.90. The highest BCUT2D eigenvalue weighted by Gasteiger charge is 2.54. The lowest BCUT2D eigenvalue weighted by Gasteiger charge is -2.32. The van der Waals surface area contributed by atoms with Gasteiger partial charge in [-0.2, -0.15) is 0 Å². The molecule has 2 fully saturated rings. The molecule has 1 N–H and O–H groups in total. The summed E-state index contributed by atoms with van der Waals surface area (Å²) in [5, 5.41) is 8.97. The van der Waals surface area contributed by atoms with E-state index in [-0.39, 0.29) is 0 Å². The predicted octanol–water partition coefficient (Wildman–Crippen LogP) is 0.694. The molecule has 1 saturated heterocycles. The van der Waals surface area contributed by atoms with Crippen LogP contribution < -0.4 is 9.62 Å². The van der Waals surface area contributed by atoms with Gasteiger partial charge in [-0.1, -0.05) is 11.3 Å². The van der Waals surface area contributed by atoms with Crippen molar-refractivity contribution in [3.8, 4) is 0 Å². The number of nitrogens with zero attached hydrogens (tertiary/aromatic N) is 3. The van der Waals surface area contributed by atoms with Crippen molar-refractivity contribution in [2.75, 3.05) is 30.8 Å². The van der Waals surface area contributed by atoms with Gasteiger partial charge in [0.2, 0.25) is 15.2 Å². The summed E-state index contributed by atoms with van der Waals surface area (Å²) in [6.07, 6.45) is 4.63. The molecule has 1 spiro atoms. The average molecular weight is 302 g/mol.